The molecule has 0 saturated heterocycles. The summed E-state index contributed by atoms with van der Waals surface area (Å²) in [6.07, 6.45) is 11.1. The first-order valence-electron chi connectivity index (χ1n) is 8.71. The number of hydrogen-bond donors (Lipinski definition) is 1. The van der Waals surface area contributed by atoms with E-state index in [1.54, 1.807) is 5.56 Å². The van der Waals surface area contributed by atoms with E-state index >= 15 is 0 Å². The molecule has 0 amide bonds. The van der Waals surface area contributed by atoms with Gasteiger partial charge in [-0.15, -0.1) is 0 Å². The van der Waals surface area contributed by atoms with E-state index in [2.05, 4.69) is 36.5 Å². The molecule has 0 bridgehead atoms. The molecule has 3 rings (SSSR count). The summed E-state index contributed by atoms with van der Waals surface area (Å²) in [6, 6.07) is 10.2. The zero-order chi connectivity index (χ0) is 13.8. The number of rotatable bonds is 6. The van der Waals surface area contributed by atoms with Gasteiger partial charge in [-0.1, -0.05) is 50.5 Å². The smallest absolute Gasteiger partial charge is 0.0348 e. The first kappa shape index (κ1) is 14.1. The van der Waals surface area contributed by atoms with Gasteiger partial charge < -0.3 is 5.32 Å². The molecule has 2 aliphatic rings. The fourth-order valence-corrected chi connectivity index (χ4v) is 3.70. The molecular weight excluding hydrogens is 242 g/mol. The molecule has 1 atom stereocenters. The molecule has 2 aliphatic carbocycles. The molecule has 1 unspecified atom stereocenters. The van der Waals surface area contributed by atoms with E-state index in [1.807, 2.05) is 0 Å². The lowest BCUT2D eigenvalue weighted by atomic mass is 9.83. The first-order valence-corrected chi connectivity index (χ1v) is 8.71. The Morgan fingerprint density at radius 1 is 1.00 bits per heavy atom. The summed E-state index contributed by atoms with van der Waals surface area (Å²) < 4.78 is 0. The Bertz CT molecular complexity index is 398. The van der Waals surface area contributed by atoms with Crippen LogP contribution in [0.3, 0.4) is 0 Å². The molecule has 1 aromatic carbocycles. The lowest BCUT2D eigenvalue weighted by molar-refractivity contribution is 0.443. The Morgan fingerprint density at radius 3 is 2.30 bits per heavy atom. The van der Waals surface area contributed by atoms with Crippen LogP contribution in [0.5, 0.6) is 0 Å². The number of hydrogen-bond acceptors (Lipinski definition) is 1. The summed E-state index contributed by atoms with van der Waals surface area (Å²) in [4.78, 5) is 0. The quantitative estimate of drug-likeness (QED) is 0.751. The minimum Gasteiger partial charge on any atom is -0.310 e. The molecule has 0 radical (unpaired) electrons. The third kappa shape index (κ3) is 3.44. The van der Waals surface area contributed by atoms with Crippen LogP contribution < -0.4 is 5.32 Å². The third-order valence-electron chi connectivity index (χ3n) is 5.08. The lowest BCUT2D eigenvalue weighted by Gasteiger charge is -2.23. The normalized spacial score (nSPS) is 21.9. The van der Waals surface area contributed by atoms with Crippen LogP contribution in [0.4, 0.5) is 0 Å². The lowest BCUT2D eigenvalue weighted by Crippen LogP contribution is -2.23. The van der Waals surface area contributed by atoms with Gasteiger partial charge in [-0.2, -0.15) is 0 Å². The Kier molecular flexibility index (Phi) is 4.77. The maximum Gasteiger partial charge on any atom is 0.0348 e. The van der Waals surface area contributed by atoms with Crippen molar-refractivity contribution in [3.63, 3.8) is 0 Å². The summed E-state index contributed by atoms with van der Waals surface area (Å²) in [6.45, 7) is 3.40. The molecule has 0 spiro atoms. The van der Waals surface area contributed by atoms with Gasteiger partial charge in [-0.05, 0) is 61.6 Å². The average molecular weight is 271 g/mol. The molecule has 2 fully saturated rings. The van der Waals surface area contributed by atoms with Gasteiger partial charge in [0, 0.05) is 6.04 Å². The molecular formula is C19H29N. The van der Waals surface area contributed by atoms with Gasteiger partial charge in [0.15, 0.2) is 0 Å². The predicted molar refractivity (Wildman–Crippen MR) is 86.0 cm³/mol. The van der Waals surface area contributed by atoms with E-state index in [4.69, 9.17) is 0 Å². The molecule has 2 saturated carbocycles. The monoisotopic (exact) mass is 271 g/mol. The summed E-state index contributed by atoms with van der Waals surface area (Å²) in [5.74, 6) is 1.72. The topological polar surface area (TPSA) is 12.0 Å². The molecule has 0 heterocycles. The van der Waals surface area contributed by atoms with Gasteiger partial charge in [-0.3, -0.25) is 0 Å². The highest BCUT2D eigenvalue weighted by molar-refractivity contribution is 5.28. The molecule has 1 heteroatoms. The highest BCUT2D eigenvalue weighted by atomic mass is 14.9. The second-order valence-corrected chi connectivity index (χ2v) is 6.77. The van der Waals surface area contributed by atoms with Crippen molar-refractivity contribution in [3.05, 3.63) is 35.4 Å². The summed E-state index contributed by atoms with van der Waals surface area (Å²) >= 11 is 0. The van der Waals surface area contributed by atoms with Crippen molar-refractivity contribution in [1.82, 2.24) is 5.32 Å². The van der Waals surface area contributed by atoms with Crippen molar-refractivity contribution < 1.29 is 0 Å². The van der Waals surface area contributed by atoms with Crippen LogP contribution in [-0.2, 0) is 0 Å². The zero-order valence-corrected chi connectivity index (χ0v) is 12.9. The number of benzene rings is 1. The van der Waals surface area contributed by atoms with Crippen LogP contribution in [0.15, 0.2) is 24.3 Å². The summed E-state index contributed by atoms with van der Waals surface area (Å²) in [7, 11) is 0. The Hall–Kier alpha value is -0.820. The van der Waals surface area contributed by atoms with Crippen LogP contribution >= 0.6 is 0 Å². The van der Waals surface area contributed by atoms with Crippen molar-refractivity contribution in [2.75, 3.05) is 6.54 Å². The minimum absolute atomic E-state index is 0.607. The van der Waals surface area contributed by atoms with Crippen molar-refractivity contribution in [2.24, 2.45) is 5.92 Å². The van der Waals surface area contributed by atoms with Gasteiger partial charge >= 0.3 is 0 Å². The van der Waals surface area contributed by atoms with E-state index < -0.39 is 0 Å². The van der Waals surface area contributed by atoms with Crippen LogP contribution in [0.25, 0.3) is 0 Å². The second kappa shape index (κ2) is 6.76. The Morgan fingerprint density at radius 2 is 1.70 bits per heavy atom. The molecule has 1 N–H and O–H groups in total. The highest BCUT2D eigenvalue weighted by Crippen LogP contribution is 2.41. The second-order valence-electron chi connectivity index (χ2n) is 6.77. The molecule has 0 aliphatic heterocycles. The fraction of sp³-hybridized carbons (Fsp3) is 0.684. The minimum atomic E-state index is 0.607. The molecule has 1 aromatic rings. The standard InChI is InChI=1S/C19H29N/c1-2-14-20-19(18-12-13-18)17-10-8-16(9-11-17)15-6-4-3-5-7-15/h8-11,15,18-20H,2-7,12-14H2,1H3. The van der Waals surface area contributed by atoms with Crippen LogP contribution in [0.1, 0.15) is 81.4 Å². The number of nitrogens with one attached hydrogen (secondary N) is 1. The molecule has 1 nitrogen and oxygen atoms in total. The van der Waals surface area contributed by atoms with Crippen LogP contribution in [-0.4, -0.2) is 6.54 Å². The predicted octanol–water partition coefficient (Wildman–Crippen LogP) is 5.19. The van der Waals surface area contributed by atoms with E-state index in [1.165, 1.54) is 56.9 Å². The average Bonchev–Trinajstić information content (AvgIpc) is 3.34. The van der Waals surface area contributed by atoms with Crippen molar-refractivity contribution in [3.8, 4) is 0 Å². The summed E-state index contributed by atoms with van der Waals surface area (Å²) in [5.41, 5.74) is 3.10. The maximum absolute atomic E-state index is 3.75. The third-order valence-corrected chi connectivity index (χ3v) is 5.08. The highest BCUT2D eigenvalue weighted by Gasteiger charge is 2.31. The van der Waals surface area contributed by atoms with E-state index in [-0.39, 0.29) is 0 Å². The molecule has 20 heavy (non-hydrogen) atoms. The van der Waals surface area contributed by atoms with Crippen molar-refractivity contribution in [2.45, 2.75) is 70.3 Å². The van der Waals surface area contributed by atoms with Gasteiger partial charge in [0.25, 0.3) is 0 Å². The van der Waals surface area contributed by atoms with Gasteiger partial charge in [0.1, 0.15) is 0 Å². The zero-order valence-electron chi connectivity index (χ0n) is 12.9. The SMILES string of the molecule is CCCNC(c1ccc(C2CCCCC2)cc1)C1CC1. The van der Waals surface area contributed by atoms with Gasteiger partial charge in [-0.25, -0.2) is 0 Å². The Labute approximate surface area is 124 Å². The van der Waals surface area contributed by atoms with Crippen molar-refractivity contribution >= 4 is 0 Å². The largest absolute Gasteiger partial charge is 0.310 e. The molecule has 0 aromatic heterocycles. The Balaban J connectivity index is 1.67. The maximum atomic E-state index is 3.75. The fourth-order valence-electron chi connectivity index (χ4n) is 3.70. The van der Waals surface area contributed by atoms with E-state index in [0.717, 1.165) is 18.4 Å². The molecule has 110 valence electrons. The van der Waals surface area contributed by atoms with Gasteiger partial charge in [0.05, 0.1) is 0 Å². The van der Waals surface area contributed by atoms with Crippen molar-refractivity contribution in [1.29, 1.82) is 0 Å². The van der Waals surface area contributed by atoms with Crippen LogP contribution in [0, 0.1) is 5.92 Å². The summed E-state index contributed by atoms with van der Waals surface area (Å²) in [5, 5.41) is 3.75. The van der Waals surface area contributed by atoms with E-state index in [0.29, 0.717) is 6.04 Å². The van der Waals surface area contributed by atoms with E-state index in [9.17, 15) is 0 Å². The van der Waals surface area contributed by atoms with Crippen LogP contribution in [0.2, 0.25) is 0 Å². The van der Waals surface area contributed by atoms with Gasteiger partial charge in [0.2, 0.25) is 0 Å². The first-order chi connectivity index (χ1) is 9.88.